The molecule has 0 aliphatic carbocycles. The molecule has 1 fully saturated rings. The van der Waals surface area contributed by atoms with E-state index in [9.17, 15) is 0 Å². The molecule has 3 heteroatoms. The molecule has 0 saturated carbocycles. The van der Waals surface area contributed by atoms with E-state index in [2.05, 4.69) is 39.6 Å². The summed E-state index contributed by atoms with van der Waals surface area (Å²) >= 11 is 0. The van der Waals surface area contributed by atoms with Gasteiger partial charge >= 0.3 is 0 Å². The van der Waals surface area contributed by atoms with Gasteiger partial charge in [0.25, 0.3) is 0 Å². The number of piperidine rings is 1. The van der Waals surface area contributed by atoms with Crippen molar-refractivity contribution in [3.63, 3.8) is 0 Å². The summed E-state index contributed by atoms with van der Waals surface area (Å²) in [6.45, 7) is 9.17. The molecule has 0 aromatic rings. The Balaban J connectivity index is 2.70. The lowest BCUT2D eigenvalue weighted by Crippen LogP contribution is -2.69. The van der Waals surface area contributed by atoms with Crippen molar-refractivity contribution in [2.75, 3.05) is 7.05 Å². The fourth-order valence-electron chi connectivity index (χ4n) is 3.18. The molecule has 0 spiro atoms. The molecular formula is C15H33N3. The van der Waals surface area contributed by atoms with Crippen molar-refractivity contribution in [3.05, 3.63) is 0 Å². The summed E-state index contributed by atoms with van der Waals surface area (Å²) in [5.74, 6) is 0.699. The molecule has 1 saturated heterocycles. The number of hydrogen-bond donors (Lipinski definition) is 2. The fourth-order valence-corrected chi connectivity index (χ4v) is 3.18. The van der Waals surface area contributed by atoms with Gasteiger partial charge in [-0.15, -0.1) is 0 Å². The average Bonchev–Trinajstić information content (AvgIpc) is 2.26. The van der Waals surface area contributed by atoms with Gasteiger partial charge in [-0.1, -0.05) is 33.1 Å². The minimum absolute atomic E-state index is 0.192. The number of rotatable bonds is 5. The van der Waals surface area contributed by atoms with E-state index in [-0.39, 0.29) is 5.54 Å². The molecule has 0 radical (unpaired) electrons. The predicted octanol–water partition coefficient (Wildman–Crippen LogP) is 2.69. The first kappa shape index (κ1) is 15.9. The van der Waals surface area contributed by atoms with Crippen LogP contribution in [0, 0.1) is 5.92 Å². The van der Waals surface area contributed by atoms with E-state index < -0.39 is 5.66 Å². The fraction of sp³-hybridized carbons (Fsp3) is 1.00. The van der Waals surface area contributed by atoms with Crippen LogP contribution in [0.25, 0.3) is 0 Å². The predicted molar refractivity (Wildman–Crippen MR) is 79.3 cm³/mol. The SMILES string of the molecule is CCCCCC(N)(N)C1CCC(C)C(C)(C)N1C. The first-order valence-corrected chi connectivity index (χ1v) is 7.54. The minimum atomic E-state index is -0.540. The summed E-state index contributed by atoms with van der Waals surface area (Å²) in [6, 6.07) is 0.306. The average molecular weight is 255 g/mol. The van der Waals surface area contributed by atoms with Crippen LogP contribution in [0.15, 0.2) is 0 Å². The molecule has 3 nitrogen and oxygen atoms in total. The first-order chi connectivity index (χ1) is 8.23. The van der Waals surface area contributed by atoms with Gasteiger partial charge in [0.15, 0.2) is 0 Å². The van der Waals surface area contributed by atoms with Gasteiger partial charge in [-0.25, -0.2) is 0 Å². The van der Waals surface area contributed by atoms with Crippen molar-refractivity contribution in [2.24, 2.45) is 17.4 Å². The molecule has 1 aliphatic rings. The van der Waals surface area contributed by atoms with Crippen LogP contribution in [0.4, 0.5) is 0 Å². The third-order valence-corrected chi connectivity index (χ3v) is 5.29. The molecule has 2 unspecified atom stereocenters. The lowest BCUT2D eigenvalue weighted by Gasteiger charge is -2.54. The second-order valence-electron chi connectivity index (χ2n) is 6.83. The monoisotopic (exact) mass is 255 g/mol. The summed E-state index contributed by atoms with van der Waals surface area (Å²) in [4.78, 5) is 2.42. The normalized spacial score (nSPS) is 29.5. The lowest BCUT2D eigenvalue weighted by atomic mass is 9.74. The van der Waals surface area contributed by atoms with Gasteiger partial charge in [0.05, 0.1) is 5.66 Å². The Labute approximate surface area is 113 Å². The number of unbranched alkanes of at least 4 members (excludes halogenated alkanes) is 2. The van der Waals surface area contributed by atoms with Crippen molar-refractivity contribution >= 4 is 0 Å². The Morgan fingerprint density at radius 3 is 2.39 bits per heavy atom. The van der Waals surface area contributed by atoms with Crippen LogP contribution in [0.2, 0.25) is 0 Å². The quantitative estimate of drug-likeness (QED) is 0.586. The lowest BCUT2D eigenvalue weighted by molar-refractivity contribution is -0.0271. The molecule has 0 aromatic heterocycles. The molecule has 0 aromatic carbocycles. The van der Waals surface area contributed by atoms with Gasteiger partial charge in [-0.3, -0.25) is 4.90 Å². The smallest absolute Gasteiger partial charge is 0.0796 e. The highest BCUT2D eigenvalue weighted by molar-refractivity contribution is 5.01. The van der Waals surface area contributed by atoms with Gasteiger partial charge in [0, 0.05) is 11.6 Å². The molecule has 0 bridgehead atoms. The van der Waals surface area contributed by atoms with Crippen LogP contribution < -0.4 is 11.5 Å². The molecule has 0 amide bonds. The van der Waals surface area contributed by atoms with E-state index >= 15 is 0 Å². The molecule has 18 heavy (non-hydrogen) atoms. The van der Waals surface area contributed by atoms with Crippen LogP contribution in [0.3, 0.4) is 0 Å². The van der Waals surface area contributed by atoms with E-state index in [1.807, 2.05) is 0 Å². The van der Waals surface area contributed by atoms with E-state index in [1.165, 1.54) is 19.3 Å². The van der Waals surface area contributed by atoms with E-state index in [4.69, 9.17) is 11.5 Å². The molecule has 1 rings (SSSR count). The molecular weight excluding hydrogens is 222 g/mol. The van der Waals surface area contributed by atoms with Crippen LogP contribution in [0.5, 0.6) is 0 Å². The standard InChI is InChI=1S/C15H33N3/c1-6-7-8-11-15(16,17)13-10-9-12(2)14(3,4)18(13)5/h12-13H,6-11,16-17H2,1-5H3. The van der Waals surface area contributed by atoms with Gasteiger partial charge in [0.1, 0.15) is 0 Å². The van der Waals surface area contributed by atoms with Crippen LogP contribution >= 0.6 is 0 Å². The maximum Gasteiger partial charge on any atom is 0.0796 e. The van der Waals surface area contributed by atoms with Crippen molar-refractivity contribution in [1.82, 2.24) is 4.90 Å². The van der Waals surface area contributed by atoms with E-state index in [1.54, 1.807) is 0 Å². The Kier molecular flexibility index (Phi) is 5.22. The Bertz CT molecular complexity index is 260. The third-order valence-electron chi connectivity index (χ3n) is 5.29. The van der Waals surface area contributed by atoms with Crippen LogP contribution in [-0.4, -0.2) is 29.2 Å². The topological polar surface area (TPSA) is 55.3 Å². The Morgan fingerprint density at radius 2 is 1.83 bits per heavy atom. The van der Waals surface area contributed by atoms with Crippen LogP contribution in [0.1, 0.15) is 66.2 Å². The summed E-state index contributed by atoms with van der Waals surface area (Å²) in [5, 5.41) is 0. The Hall–Kier alpha value is -0.120. The summed E-state index contributed by atoms with van der Waals surface area (Å²) in [5.41, 5.74) is 12.5. The van der Waals surface area contributed by atoms with Gasteiger partial charge in [-0.2, -0.15) is 0 Å². The van der Waals surface area contributed by atoms with E-state index in [0.29, 0.717) is 12.0 Å². The number of nitrogens with zero attached hydrogens (tertiary/aromatic N) is 1. The van der Waals surface area contributed by atoms with Crippen molar-refractivity contribution in [1.29, 1.82) is 0 Å². The number of hydrogen-bond acceptors (Lipinski definition) is 3. The molecule has 1 heterocycles. The largest absolute Gasteiger partial charge is 0.312 e. The number of likely N-dealkylation sites (N-methyl/N-ethyl adjacent to an activating group) is 1. The number of nitrogens with two attached hydrogens (primary N) is 2. The van der Waals surface area contributed by atoms with Gasteiger partial charge < -0.3 is 11.5 Å². The zero-order chi connectivity index (χ0) is 14.0. The highest BCUT2D eigenvalue weighted by atomic mass is 15.3. The van der Waals surface area contributed by atoms with E-state index in [0.717, 1.165) is 19.3 Å². The van der Waals surface area contributed by atoms with Gasteiger partial charge in [0.2, 0.25) is 0 Å². The van der Waals surface area contributed by atoms with Gasteiger partial charge in [-0.05, 0) is 46.1 Å². The second kappa shape index (κ2) is 5.89. The molecule has 108 valence electrons. The Morgan fingerprint density at radius 1 is 1.22 bits per heavy atom. The first-order valence-electron chi connectivity index (χ1n) is 7.54. The van der Waals surface area contributed by atoms with Crippen molar-refractivity contribution in [3.8, 4) is 0 Å². The highest BCUT2D eigenvalue weighted by Crippen LogP contribution is 2.38. The summed E-state index contributed by atoms with van der Waals surface area (Å²) in [6.07, 6.45) is 6.88. The maximum absolute atomic E-state index is 6.43. The summed E-state index contributed by atoms with van der Waals surface area (Å²) < 4.78 is 0. The van der Waals surface area contributed by atoms with Crippen LogP contribution in [-0.2, 0) is 0 Å². The summed E-state index contributed by atoms with van der Waals surface area (Å²) in [7, 11) is 2.19. The number of likely N-dealkylation sites (tertiary alicyclic amines) is 1. The minimum Gasteiger partial charge on any atom is -0.312 e. The van der Waals surface area contributed by atoms with Crippen molar-refractivity contribution in [2.45, 2.75) is 83.5 Å². The molecule has 2 atom stereocenters. The zero-order valence-electron chi connectivity index (χ0n) is 13.0. The zero-order valence-corrected chi connectivity index (χ0v) is 13.0. The third kappa shape index (κ3) is 3.25. The van der Waals surface area contributed by atoms with Crippen molar-refractivity contribution < 1.29 is 0 Å². The second-order valence-corrected chi connectivity index (χ2v) is 6.83. The highest BCUT2D eigenvalue weighted by Gasteiger charge is 2.44. The molecule has 4 N–H and O–H groups in total. The molecule has 1 aliphatic heterocycles. The maximum atomic E-state index is 6.43.